The maximum absolute atomic E-state index is 12.6. The second kappa shape index (κ2) is 7.41. The Bertz CT molecular complexity index is 599. The summed E-state index contributed by atoms with van der Waals surface area (Å²) in [6.45, 7) is 2.94. The van der Waals surface area contributed by atoms with Crippen LogP contribution in [0.3, 0.4) is 0 Å². The third kappa shape index (κ3) is 3.81. The molecule has 0 bridgehead atoms. The lowest BCUT2D eigenvalue weighted by atomic mass is 10.2. The molecule has 0 unspecified atom stereocenters. The molecule has 2 N–H and O–H groups in total. The van der Waals surface area contributed by atoms with Crippen LogP contribution < -0.4 is 0 Å². The summed E-state index contributed by atoms with van der Waals surface area (Å²) in [5.41, 5.74) is 0.338. The molecule has 0 spiro atoms. The van der Waals surface area contributed by atoms with E-state index in [1.165, 1.54) is 10.4 Å². The molecular weight excluding hydrogens is 278 g/mol. The van der Waals surface area contributed by atoms with Gasteiger partial charge in [-0.2, -0.15) is 4.31 Å². The van der Waals surface area contributed by atoms with Crippen LogP contribution in [0.25, 0.3) is 0 Å². The van der Waals surface area contributed by atoms with Gasteiger partial charge in [0.25, 0.3) is 0 Å². The fourth-order valence-corrected chi connectivity index (χ4v) is 3.59. The first kappa shape index (κ1) is 16.7. The van der Waals surface area contributed by atoms with Crippen LogP contribution in [0.1, 0.15) is 19.4 Å². The molecule has 5 nitrogen and oxygen atoms in total. The van der Waals surface area contributed by atoms with E-state index in [2.05, 4.69) is 11.8 Å². The van der Waals surface area contributed by atoms with Crippen LogP contribution >= 0.6 is 0 Å². The van der Waals surface area contributed by atoms with Crippen molar-refractivity contribution in [1.82, 2.24) is 4.31 Å². The predicted octanol–water partition coefficient (Wildman–Crippen LogP) is 0.422. The number of aliphatic hydroxyl groups is 2. The Morgan fingerprint density at radius 3 is 2.45 bits per heavy atom. The van der Waals surface area contributed by atoms with E-state index in [1.807, 2.05) is 0 Å². The van der Waals surface area contributed by atoms with Gasteiger partial charge < -0.3 is 10.2 Å². The summed E-state index contributed by atoms with van der Waals surface area (Å²) in [6, 6.07) is 6.10. The van der Waals surface area contributed by atoms with Crippen molar-refractivity contribution in [3.8, 4) is 11.8 Å². The molecule has 0 aliphatic heterocycles. The third-order valence-electron chi connectivity index (χ3n) is 2.67. The van der Waals surface area contributed by atoms with E-state index in [-0.39, 0.29) is 30.7 Å². The molecule has 0 heterocycles. The van der Waals surface area contributed by atoms with Crippen molar-refractivity contribution in [1.29, 1.82) is 0 Å². The van der Waals surface area contributed by atoms with E-state index in [0.717, 1.165) is 0 Å². The normalized spacial score (nSPS) is 11.5. The Morgan fingerprint density at radius 2 is 1.90 bits per heavy atom. The van der Waals surface area contributed by atoms with Gasteiger partial charge in [-0.05, 0) is 26.0 Å². The fourth-order valence-electron chi connectivity index (χ4n) is 1.81. The minimum absolute atomic E-state index is 0.0295. The molecule has 0 radical (unpaired) electrons. The molecule has 20 heavy (non-hydrogen) atoms. The zero-order valence-electron chi connectivity index (χ0n) is 11.6. The lowest BCUT2D eigenvalue weighted by Gasteiger charge is -2.25. The number of sulfonamides is 1. The SMILES string of the molecule is CC(C)N(CCO)S(=O)(=O)c1ccccc1C#CCO. The summed E-state index contributed by atoms with van der Waals surface area (Å²) in [5.74, 6) is 5.09. The van der Waals surface area contributed by atoms with Gasteiger partial charge >= 0.3 is 0 Å². The Hall–Kier alpha value is -1.39. The zero-order valence-corrected chi connectivity index (χ0v) is 12.4. The van der Waals surface area contributed by atoms with Gasteiger partial charge in [-0.15, -0.1) is 0 Å². The highest BCUT2D eigenvalue weighted by atomic mass is 32.2. The predicted molar refractivity (Wildman–Crippen MR) is 76.5 cm³/mol. The summed E-state index contributed by atoms with van der Waals surface area (Å²) >= 11 is 0. The molecular formula is C14H19NO4S. The number of aliphatic hydroxyl groups excluding tert-OH is 2. The molecule has 0 aliphatic rings. The zero-order chi connectivity index (χ0) is 15.2. The quantitative estimate of drug-likeness (QED) is 0.772. The highest BCUT2D eigenvalue weighted by molar-refractivity contribution is 7.89. The topological polar surface area (TPSA) is 77.8 Å². The maximum atomic E-state index is 12.6. The first-order chi connectivity index (χ1) is 9.45. The molecule has 0 aromatic heterocycles. The van der Waals surface area contributed by atoms with Gasteiger partial charge in [0, 0.05) is 18.2 Å². The van der Waals surface area contributed by atoms with Gasteiger partial charge in [-0.25, -0.2) is 8.42 Å². The standard InChI is InChI=1S/C14H19NO4S/c1-12(2)15(9-11-17)20(18,19)14-8-4-3-6-13(14)7-5-10-16/h3-4,6,8,12,16-17H,9-11H2,1-2H3. The van der Waals surface area contributed by atoms with Crippen LogP contribution in [0.4, 0.5) is 0 Å². The summed E-state index contributed by atoms with van der Waals surface area (Å²) < 4.78 is 26.5. The summed E-state index contributed by atoms with van der Waals surface area (Å²) in [7, 11) is -3.73. The van der Waals surface area contributed by atoms with Crippen LogP contribution in [0.5, 0.6) is 0 Å². The number of hydrogen-bond acceptors (Lipinski definition) is 4. The highest BCUT2D eigenvalue weighted by Gasteiger charge is 2.28. The van der Waals surface area contributed by atoms with Gasteiger partial charge in [0.1, 0.15) is 6.61 Å². The summed E-state index contributed by atoms with van der Waals surface area (Å²) in [4.78, 5) is 0.0862. The van der Waals surface area contributed by atoms with Crippen molar-refractivity contribution in [2.45, 2.75) is 24.8 Å². The molecule has 110 valence electrons. The number of benzene rings is 1. The van der Waals surface area contributed by atoms with Crippen LogP contribution in [0, 0.1) is 11.8 Å². The summed E-state index contributed by atoms with van der Waals surface area (Å²) in [6.07, 6.45) is 0. The van der Waals surface area contributed by atoms with E-state index in [4.69, 9.17) is 10.2 Å². The van der Waals surface area contributed by atoms with E-state index in [9.17, 15) is 8.42 Å². The van der Waals surface area contributed by atoms with E-state index in [0.29, 0.717) is 5.56 Å². The molecule has 0 fully saturated rings. The molecule has 0 atom stereocenters. The third-order valence-corrected chi connectivity index (χ3v) is 4.81. The van der Waals surface area contributed by atoms with Crippen LogP contribution in [-0.2, 0) is 10.0 Å². The van der Waals surface area contributed by atoms with Gasteiger partial charge in [0.2, 0.25) is 10.0 Å². The van der Waals surface area contributed by atoms with E-state index < -0.39 is 10.0 Å². The van der Waals surface area contributed by atoms with Crippen molar-refractivity contribution in [3.63, 3.8) is 0 Å². The molecule has 1 rings (SSSR count). The largest absolute Gasteiger partial charge is 0.395 e. The Kier molecular flexibility index (Phi) is 6.17. The Morgan fingerprint density at radius 1 is 1.25 bits per heavy atom. The van der Waals surface area contributed by atoms with Crippen molar-refractivity contribution in [3.05, 3.63) is 29.8 Å². The van der Waals surface area contributed by atoms with Crippen LogP contribution in [0.2, 0.25) is 0 Å². The lowest BCUT2D eigenvalue weighted by Crippen LogP contribution is -2.39. The minimum atomic E-state index is -3.73. The molecule has 1 aromatic carbocycles. The first-order valence-corrected chi connectivity index (χ1v) is 7.70. The molecule has 1 aromatic rings. The average molecular weight is 297 g/mol. The van der Waals surface area contributed by atoms with E-state index in [1.54, 1.807) is 32.0 Å². The van der Waals surface area contributed by atoms with Crippen LogP contribution in [-0.4, -0.2) is 48.7 Å². The van der Waals surface area contributed by atoms with Gasteiger partial charge in [0.05, 0.1) is 11.5 Å². The summed E-state index contributed by atoms with van der Waals surface area (Å²) in [5, 5.41) is 17.8. The second-order valence-electron chi connectivity index (χ2n) is 4.39. The van der Waals surface area contributed by atoms with Crippen LogP contribution in [0.15, 0.2) is 29.2 Å². The fraction of sp³-hybridized carbons (Fsp3) is 0.429. The monoisotopic (exact) mass is 297 g/mol. The van der Waals surface area contributed by atoms with Gasteiger partial charge in [-0.3, -0.25) is 0 Å². The number of nitrogens with zero attached hydrogens (tertiary/aromatic N) is 1. The molecule has 0 saturated heterocycles. The lowest BCUT2D eigenvalue weighted by molar-refractivity contribution is 0.236. The maximum Gasteiger partial charge on any atom is 0.244 e. The number of rotatable bonds is 5. The first-order valence-electron chi connectivity index (χ1n) is 6.26. The van der Waals surface area contributed by atoms with Gasteiger partial charge in [-0.1, -0.05) is 24.0 Å². The number of hydrogen-bond donors (Lipinski definition) is 2. The van der Waals surface area contributed by atoms with Crippen molar-refractivity contribution >= 4 is 10.0 Å². The average Bonchev–Trinajstić information content (AvgIpc) is 2.42. The van der Waals surface area contributed by atoms with Crippen molar-refractivity contribution in [2.75, 3.05) is 19.8 Å². The molecule has 0 saturated carbocycles. The molecule has 0 aliphatic carbocycles. The minimum Gasteiger partial charge on any atom is -0.395 e. The second-order valence-corrected chi connectivity index (χ2v) is 6.25. The highest BCUT2D eigenvalue weighted by Crippen LogP contribution is 2.21. The Labute approximate surface area is 119 Å². The molecule has 0 amide bonds. The van der Waals surface area contributed by atoms with Crippen molar-refractivity contribution in [2.24, 2.45) is 0 Å². The van der Waals surface area contributed by atoms with E-state index >= 15 is 0 Å². The van der Waals surface area contributed by atoms with Gasteiger partial charge in [0.15, 0.2) is 0 Å². The molecule has 6 heteroatoms. The smallest absolute Gasteiger partial charge is 0.244 e. The van der Waals surface area contributed by atoms with Crippen molar-refractivity contribution < 1.29 is 18.6 Å². The Balaban J connectivity index is 3.34.